The molecule has 4 nitrogen and oxygen atoms in total. The first-order valence-corrected chi connectivity index (χ1v) is 9.41. The van der Waals surface area contributed by atoms with Gasteiger partial charge in [-0.15, -0.1) is 0 Å². The predicted octanol–water partition coefficient (Wildman–Crippen LogP) is 2.87. The van der Waals surface area contributed by atoms with Gasteiger partial charge in [-0.05, 0) is 65.5 Å². The Balaban J connectivity index is 1.68. The van der Waals surface area contributed by atoms with Crippen LogP contribution in [0.15, 0.2) is 35.9 Å². The predicted molar refractivity (Wildman–Crippen MR) is 105 cm³/mol. The lowest BCUT2D eigenvalue weighted by Crippen LogP contribution is -2.41. The summed E-state index contributed by atoms with van der Waals surface area (Å²) in [5, 5.41) is 3.10. The molecule has 0 aliphatic carbocycles. The number of carbonyl (C=O) groups is 1. The van der Waals surface area contributed by atoms with E-state index < -0.39 is 0 Å². The number of hydrogen-bond acceptors (Lipinski definition) is 3. The van der Waals surface area contributed by atoms with Crippen LogP contribution in [0.3, 0.4) is 0 Å². The lowest BCUT2D eigenvalue weighted by atomic mass is 9.95. The molecular weight excluding hydrogens is 310 g/mol. The molecule has 4 heteroatoms. The highest BCUT2D eigenvalue weighted by Crippen LogP contribution is 2.19. The highest BCUT2D eigenvalue weighted by Gasteiger charge is 2.24. The third-order valence-corrected chi connectivity index (χ3v) is 4.73. The average molecular weight is 344 g/mol. The minimum absolute atomic E-state index is 0.189. The van der Waals surface area contributed by atoms with Crippen LogP contribution < -0.4 is 5.32 Å². The molecule has 0 bridgehead atoms. The number of carbonyl (C=O) groups excluding carboxylic acids is 1. The first-order valence-electron chi connectivity index (χ1n) is 9.41. The maximum atomic E-state index is 12.3. The lowest BCUT2D eigenvalue weighted by Gasteiger charge is -2.31. The zero-order chi connectivity index (χ0) is 18.1. The summed E-state index contributed by atoms with van der Waals surface area (Å²) in [6.07, 6.45) is 5.21. The summed E-state index contributed by atoms with van der Waals surface area (Å²) in [4.78, 5) is 16.9. The van der Waals surface area contributed by atoms with E-state index in [0.717, 1.165) is 52.0 Å². The van der Waals surface area contributed by atoms with Crippen LogP contribution >= 0.6 is 0 Å². The Morgan fingerprint density at radius 2 is 1.92 bits per heavy atom. The van der Waals surface area contributed by atoms with E-state index in [9.17, 15) is 4.79 Å². The van der Waals surface area contributed by atoms with Gasteiger partial charge in [0.15, 0.2) is 0 Å². The van der Waals surface area contributed by atoms with E-state index in [1.807, 2.05) is 6.07 Å². The van der Waals surface area contributed by atoms with E-state index >= 15 is 0 Å². The first-order chi connectivity index (χ1) is 12.0. The molecule has 2 rings (SSSR count). The van der Waals surface area contributed by atoms with E-state index in [-0.39, 0.29) is 11.8 Å². The van der Waals surface area contributed by atoms with Gasteiger partial charge < -0.3 is 10.2 Å². The monoisotopic (exact) mass is 343 g/mol. The summed E-state index contributed by atoms with van der Waals surface area (Å²) < 4.78 is 0. The number of nitrogens with zero attached hydrogens (tertiary/aromatic N) is 2. The molecular formula is C21H33N3O. The minimum Gasteiger partial charge on any atom is -0.356 e. The zero-order valence-electron chi connectivity index (χ0n) is 16.0. The molecule has 1 aliphatic rings. The van der Waals surface area contributed by atoms with Crippen molar-refractivity contribution < 1.29 is 4.79 Å². The Bertz CT molecular complexity index is 546. The van der Waals surface area contributed by atoms with E-state index in [1.54, 1.807) is 0 Å². The van der Waals surface area contributed by atoms with Gasteiger partial charge in [-0.25, -0.2) is 0 Å². The van der Waals surface area contributed by atoms with Crippen molar-refractivity contribution in [3.8, 4) is 0 Å². The van der Waals surface area contributed by atoms with Crippen LogP contribution in [-0.4, -0.2) is 62.5 Å². The number of hydrogen-bond donors (Lipinski definition) is 1. The van der Waals surface area contributed by atoms with Crippen molar-refractivity contribution >= 4 is 12.0 Å². The molecule has 0 spiro atoms. The van der Waals surface area contributed by atoms with E-state index in [2.05, 4.69) is 66.5 Å². The minimum atomic E-state index is 0.189. The highest BCUT2D eigenvalue weighted by molar-refractivity contribution is 5.78. The zero-order valence-corrected chi connectivity index (χ0v) is 16.0. The fourth-order valence-corrected chi connectivity index (χ4v) is 3.34. The number of piperidine rings is 1. The Hall–Kier alpha value is -1.65. The summed E-state index contributed by atoms with van der Waals surface area (Å²) in [6, 6.07) is 10.5. The Labute approximate surface area is 152 Å². The quantitative estimate of drug-likeness (QED) is 0.737. The smallest absolute Gasteiger partial charge is 0.223 e. The molecule has 0 atom stereocenters. The number of benzene rings is 1. The van der Waals surface area contributed by atoms with Gasteiger partial charge >= 0.3 is 0 Å². The van der Waals surface area contributed by atoms with Crippen molar-refractivity contribution in [2.45, 2.75) is 26.2 Å². The Kier molecular flexibility index (Phi) is 8.16. The Morgan fingerprint density at radius 3 is 2.56 bits per heavy atom. The summed E-state index contributed by atoms with van der Waals surface area (Å²) in [5.74, 6) is 0.434. The molecule has 138 valence electrons. The fourth-order valence-electron chi connectivity index (χ4n) is 3.34. The maximum Gasteiger partial charge on any atom is 0.223 e. The normalized spacial score (nSPS) is 17.0. The first kappa shape index (κ1) is 19.7. The SMILES string of the molecule is CC(=Cc1ccccc1)CN1CCC(C(=O)NCCCN(C)C)CC1. The maximum absolute atomic E-state index is 12.3. The molecule has 0 saturated carbocycles. The van der Waals surface area contributed by atoms with Crippen LogP contribution in [0.2, 0.25) is 0 Å². The van der Waals surface area contributed by atoms with Crippen LogP contribution in [0.4, 0.5) is 0 Å². The molecule has 0 radical (unpaired) electrons. The van der Waals surface area contributed by atoms with Crippen LogP contribution in [0, 0.1) is 5.92 Å². The molecule has 1 aromatic rings. The molecule has 1 amide bonds. The third-order valence-electron chi connectivity index (χ3n) is 4.73. The van der Waals surface area contributed by atoms with Crippen molar-refractivity contribution in [2.75, 3.05) is 46.8 Å². The van der Waals surface area contributed by atoms with Crippen molar-refractivity contribution in [3.05, 3.63) is 41.5 Å². The molecule has 25 heavy (non-hydrogen) atoms. The number of amides is 1. The average Bonchev–Trinajstić information content (AvgIpc) is 2.60. The molecule has 1 aliphatic heterocycles. The van der Waals surface area contributed by atoms with Crippen molar-refractivity contribution in [3.63, 3.8) is 0 Å². The second-order valence-corrected chi connectivity index (χ2v) is 7.40. The van der Waals surface area contributed by atoms with Crippen molar-refractivity contribution in [1.82, 2.24) is 15.1 Å². The highest BCUT2D eigenvalue weighted by atomic mass is 16.1. The van der Waals surface area contributed by atoms with E-state index in [0.29, 0.717) is 0 Å². The summed E-state index contributed by atoms with van der Waals surface area (Å²) in [6.45, 7) is 7.01. The van der Waals surface area contributed by atoms with Crippen LogP contribution in [0.25, 0.3) is 6.08 Å². The van der Waals surface area contributed by atoms with Crippen molar-refractivity contribution in [1.29, 1.82) is 0 Å². The molecule has 0 aromatic heterocycles. The van der Waals surface area contributed by atoms with Crippen LogP contribution in [0.1, 0.15) is 31.7 Å². The standard InChI is InChI=1S/C21H33N3O/c1-18(16-19-8-5-4-6-9-19)17-24-14-10-20(11-15-24)21(25)22-12-7-13-23(2)3/h4-6,8-9,16,20H,7,10-15,17H2,1-3H3,(H,22,25). The van der Waals surface area contributed by atoms with Gasteiger partial charge in [0.05, 0.1) is 0 Å². The van der Waals surface area contributed by atoms with Crippen molar-refractivity contribution in [2.24, 2.45) is 5.92 Å². The molecule has 1 aromatic carbocycles. The largest absolute Gasteiger partial charge is 0.356 e. The van der Waals surface area contributed by atoms with Gasteiger partial charge in [-0.1, -0.05) is 42.0 Å². The summed E-state index contributed by atoms with van der Waals surface area (Å²) in [5.41, 5.74) is 2.63. The Morgan fingerprint density at radius 1 is 1.24 bits per heavy atom. The van der Waals surface area contributed by atoms with Gasteiger partial charge in [0, 0.05) is 19.0 Å². The molecule has 1 N–H and O–H groups in total. The van der Waals surface area contributed by atoms with Crippen LogP contribution in [-0.2, 0) is 4.79 Å². The molecule has 1 heterocycles. The fraction of sp³-hybridized carbons (Fsp3) is 0.571. The lowest BCUT2D eigenvalue weighted by molar-refractivity contribution is -0.126. The molecule has 1 fully saturated rings. The second-order valence-electron chi connectivity index (χ2n) is 7.40. The van der Waals surface area contributed by atoms with Gasteiger partial charge in [0.25, 0.3) is 0 Å². The molecule has 0 unspecified atom stereocenters. The van der Waals surface area contributed by atoms with Gasteiger partial charge in [0.2, 0.25) is 5.91 Å². The number of nitrogens with one attached hydrogen (secondary N) is 1. The van der Waals surface area contributed by atoms with E-state index in [4.69, 9.17) is 0 Å². The van der Waals surface area contributed by atoms with Crippen LogP contribution in [0.5, 0.6) is 0 Å². The van der Waals surface area contributed by atoms with Gasteiger partial charge in [-0.3, -0.25) is 9.69 Å². The molecule has 1 saturated heterocycles. The topological polar surface area (TPSA) is 35.6 Å². The third kappa shape index (κ3) is 7.41. The number of likely N-dealkylation sites (tertiary alicyclic amines) is 1. The second kappa shape index (κ2) is 10.4. The number of rotatable bonds is 8. The van der Waals surface area contributed by atoms with E-state index in [1.165, 1.54) is 11.1 Å². The van der Waals surface area contributed by atoms with Gasteiger partial charge in [-0.2, -0.15) is 0 Å². The van der Waals surface area contributed by atoms with Gasteiger partial charge in [0.1, 0.15) is 0 Å². The summed E-state index contributed by atoms with van der Waals surface area (Å²) >= 11 is 0. The summed E-state index contributed by atoms with van der Waals surface area (Å²) in [7, 11) is 4.12.